The molecule has 0 spiro atoms. The lowest BCUT2D eigenvalue weighted by molar-refractivity contribution is -0.149. The smallest absolute Gasteiger partial charge is 0.340 e. The van der Waals surface area contributed by atoms with Crippen LogP contribution in [-0.4, -0.2) is 18.7 Å². The van der Waals surface area contributed by atoms with E-state index in [0.29, 0.717) is 6.42 Å². The van der Waals surface area contributed by atoms with Gasteiger partial charge in [0.15, 0.2) is 6.17 Å². The summed E-state index contributed by atoms with van der Waals surface area (Å²) in [6, 6.07) is 9.53. The first-order valence-electron chi connectivity index (χ1n) is 5.08. The van der Waals surface area contributed by atoms with Gasteiger partial charge in [-0.25, -0.2) is 9.18 Å². The molecule has 1 atom stereocenters. The number of aryl methyl sites for hydroxylation is 1. The Morgan fingerprint density at radius 2 is 2.07 bits per heavy atom. The minimum Gasteiger partial charge on any atom is -0.464 e. The SMILES string of the molecule is CCOC(=O)[C@H](F)CCc1ccccc1. The van der Waals surface area contributed by atoms with Gasteiger partial charge in [-0.1, -0.05) is 30.3 Å². The molecule has 0 saturated carbocycles. The molecule has 0 aromatic heterocycles. The van der Waals surface area contributed by atoms with Crippen molar-refractivity contribution in [1.29, 1.82) is 0 Å². The summed E-state index contributed by atoms with van der Waals surface area (Å²) in [5.41, 5.74) is 1.03. The van der Waals surface area contributed by atoms with E-state index in [4.69, 9.17) is 0 Å². The second kappa shape index (κ2) is 6.17. The average molecular weight is 210 g/mol. The number of esters is 1. The normalized spacial score (nSPS) is 12.1. The summed E-state index contributed by atoms with van der Waals surface area (Å²) < 4.78 is 17.8. The lowest BCUT2D eigenvalue weighted by Gasteiger charge is -2.07. The Morgan fingerprint density at radius 3 is 2.67 bits per heavy atom. The fourth-order valence-corrected chi connectivity index (χ4v) is 1.29. The van der Waals surface area contributed by atoms with Crippen molar-refractivity contribution in [1.82, 2.24) is 0 Å². The van der Waals surface area contributed by atoms with E-state index in [1.807, 2.05) is 30.3 Å². The zero-order chi connectivity index (χ0) is 11.1. The third-order valence-electron chi connectivity index (χ3n) is 2.07. The molecule has 0 bridgehead atoms. The number of hydrogen-bond acceptors (Lipinski definition) is 2. The number of carbonyl (C=O) groups excluding carboxylic acids is 1. The van der Waals surface area contributed by atoms with Crippen LogP contribution in [0.25, 0.3) is 0 Å². The van der Waals surface area contributed by atoms with Crippen LogP contribution in [0.2, 0.25) is 0 Å². The van der Waals surface area contributed by atoms with E-state index >= 15 is 0 Å². The van der Waals surface area contributed by atoms with Crippen LogP contribution in [0.4, 0.5) is 4.39 Å². The minimum absolute atomic E-state index is 0.183. The molecule has 0 saturated heterocycles. The summed E-state index contributed by atoms with van der Waals surface area (Å²) >= 11 is 0. The van der Waals surface area contributed by atoms with Gasteiger partial charge >= 0.3 is 5.97 Å². The fraction of sp³-hybridized carbons (Fsp3) is 0.417. The van der Waals surface area contributed by atoms with Gasteiger partial charge in [0.2, 0.25) is 0 Å². The summed E-state index contributed by atoms with van der Waals surface area (Å²) in [5.74, 6) is -0.756. The highest BCUT2D eigenvalue weighted by Gasteiger charge is 2.17. The summed E-state index contributed by atoms with van der Waals surface area (Å²) in [6.07, 6.45) is -0.769. The molecule has 0 radical (unpaired) electrons. The molecule has 0 aliphatic heterocycles. The maximum Gasteiger partial charge on any atom is 0.340 e. The van der Waals surface area contributed by atoms with E-state index in [1.54, 1.807) is 6.92 Å². The van der Waals surface area contributed by atoms with Gasteiger partial charge in [0.1, 0.15) is 0 Å². The van der Waals surface area contributed by atoms with Gasteiger partial charge < -0.3 is 4.74 Å². The topological polar surface area (TPSA) is 26.3 Å². The van der Waals surface area contributed by atoms with Crippen molar-refractivity contribution in [2.75, 3.05) is 6.61 Å². The van der Waals surface area contributed by atoms with Crippen LogP contribution in [0.5, 0.6) is 0 Å². The Kier molecular flexibility index (Phi) is 4.81. The van der Waals surface area contributed by atoms with E-state index in [9.17, 15) is 9.18 Å². The third kappa shape index (κ3) is 4.11. The molecule has 1 aromatic carbocycles. The predicted molar refractivity (Wildman–Crippen MR) is 56.3 cm³/mol. The molecule has 1 aromatic rings. The minimum atomic E-state index is -1.51. The van der Waals surface area contributed by atoms with Gasteiger partial charge in [-0.2, -0.15) is 0 Å². The lowest BCUT2D eigenvalue weighted by Crippen LogP contribution is -2.19. The first-order chi connectivity index (χ1) is 7.24. The summed E-state index contributed by atoms with van der Waals surface area (Å²) in [5, 5.41) is 0. The highest BCUT2D eigenvalue weighted by Crippen LogP contribution is 2.08. The molecule has 15 heavy (non-hydrogen) atoms. The molecule has 0 amide bonds. The van der Waals surface area contributed by atoms with Crippen LogP contribution in [0.1, 0.15) is 18.9 Å². The zero-order valence-electron chi connectivity index (χ0n) is 8.78. The second-order valence-electron chi connectivity index (χ2n) is 3.24. The number of benzene rings is 1. The van der Waals surface area contributed by atoms with Crippen molar-refractivity contribution < 1.29 is 13.9 Å². The molecule has 2 nitrogen and oxygen atoms in total. The van der Waals surface area contributed by atoms with Crippen molar-refractivity contribution in [2.45, 2.75) is 25.9 Å². The van der Waals surface area contributed by atoms with Gasteiger partial charge in [-0.15, -0.1) is 0 Å². The third-order valence-corrected chi connectivity index (χ3v) is 2.07. The number of halogens is 1. The van der Waals surface area contributed by atoms with E-state index < -0.39 is 12.1 Å². The summed E-state index contributed by atoms with van der Waals surface area (Å²) in [7, 11) is 0. The van der Waals surface area contributed by atoms with Crippen LogP contribution in [0.3, 0.4) is 0 Å². The summed E-state index contributed by atoms with van der Waals surface area (Å²) in [6.45, 7) is 1.90. The molecule has 1 rings (SSSR count). The maximum absolute atomic E-state index is 13.2. The molecular formula is C12H15FO2. The molecule has 0 fully saturated rings. The average Bonchev–Trinajstić information content (AvgIpc) is 2.27. The summed E-state index contributed by atoms with van der Waals surface area (Å²) in [4.78, 5) is 11.0. The van der Waals surface area contributed by atoms with Crippen molar-refractivity contribution >= 4 is 5.97 Å². The molecule has 0 heterocycles. The Bertz CT molecular complexity index is 298. The second-order valence-corrected chi connectivity index (χ2v) is 3.24. The van der Waals surface area contributed by atoms with Gasteiger partial charge in [0.25, 0.3) is 0 Å². The quantitative estimate of drug-likeness (QED) is 0.698. The Hall–Kier alpha value is -1.38. The van der Waals surface area contributed by atoms with Crippen LogP contribution >= 0.6 is 0 Å². The molecule has 0 N–H and O–H groups in total. The van der Waals surface area contributed by atoms with E-state index in [0.717, 1.165) is 5.56 Å². The maximum atomic E-state index is 13.2. The molecular weight excluding hydrogens is 195 g/mol. The van der Waals surface area contributed by atoms with Crippen LogP contribution in [0, 0.1) is 0 Å². The Labute approximate surface area is 89.1 Å². The van der Waals surface area contributed by atoms with Crippen LogP contribution in [-0.2, 0) is 16.0 Å². The van der Waals surface area contributed by atoms with Crippen molar-refractivity contribution in [2.24, 2.45) is 0 Å². The fourth-order valence-electron chi connectivity index (χ4n) is 1.29. The monoisotopic (exact) mass is 210 g/mol. The number of hydrogen-bond donors (Lipinski definition) is 0. The highest BCUT2D eigenvalue weighted by atomic mass is 19.1. The van der Waals surface area contributed by atoms with Gasteiger partial charge in [0, 0.05) is 0 Å². The number of carbonyl (C=O) groups is 1. The molecule has 0 aliphatic carbocycles. The van der Waals surface area contributed by atoms with Crippen LogP contribution < -0.4 is 0 Å². The molecule has 82 valence electrons. The molecule has 3 heteroatoms. The predicted octanol–water partition coefficient (Wildman–Crippen LogP) is 2.52. The number of ether oxygens (including phenoxy) is 1. The van der Waals surface area contributed by atoms with Gasteiger partial charge in [0.05, 0.1) is 6.61 Å². The highest BCUT2D eigenvalue weighted by molar-refractivity contribution is 5.74. The van der Waals surface area contributed by atoms with E-state index in [1.165, 1.54) is 0 Å². The van der Waals surface area contributed by atoms with Crippen LogP contribution in [0.15, 0.2) is 30.3 Å². The first kappa shape index (κ1) is 11.7. The van der Waals surface area contributed by atoms with E-state index in [-0.39, 0.29) is 13.0 Å². The number of alkyl halides is 1. The lowest BCUT2D eigenvalue weighted by atomic mass is 10.1. The Morgan fingerprint density at radius 1 is 1.40 bits per heavy atom. The van der Waals surface area contributed by atoms with Gasteiger partial charge in [-0.05, 0) is 25.3 Å². The molecule has 0 unspecified atom stereocenters. The van der Waals surface area contributed by atoms with Gasteiger partial charge in [-0.3, -0.25) is 0 Å². The standard InChI is InChI=1S/C12H15FO2/c1-2-15-12(14)11(13)9-8-10-6-4-3-5-7-10/h3-7,11H,2,8-9H2,1H3/t11-/m1/s1. The zero-order valence-corrected chi connectivity index (χ0v) is 8.78. The van der Waals surface area contributed by atoms with Crippen molar-refractivity contribution in [3.05, 3.63) is 35.9 Å². The van der Waals surface area contributed by atoms with E-state index in [2.05, 4.69) is 4.74 Å². The van der Waals surface area contributed by atoms with Crippen molar-refractivity contribution in [3.8, 4) is 0 Å². The number of rotatable bonds is 5. The largest absolute Gasteiger partial charge is 0.464 e. The van der Waals surface area contributed by atoms with Crippen molar-refractivity contribution in [3.63, 3.8) is 0 Å². The first-order valence-corrected chi connectivity index (χ1v) is 5.08. The molecule has 0 aliphatic rings. The Balaban J connectivity index is 2.34.